The summed E-state index contributed by atoms with van der Waals surface area (Å²) in [4.78, 5) is 53.3. The second-order valence-electron chi connectivity index (χ2n) is 12.8. The molecule has 3 amide bonds. The van der Waals surface area contributed by atoms with E-state index < -0.39 is 53.7 Å². The molecule has 2 aromatic rings. The minimum Gasteiger partial charge on any atom is -0.344 e. The van der Waals surface area contributed by atoms with Crippen molar-refractivity contribution in [1.82, 2.24) is 25.3 Å². The molecule has 236 valence electrons. The number of alkyl halides is 3. The number of halogens is 3. The smallest absolute Gasteiger partial charge is 0.344 e. The van der Waals surface area contributed by atoms with Crippen LogP contribution in [-0.2, 0) is 19.8 Å². The van der Waals surface area contributed by atoms with Crippen LogP contribution in [0.5, 0.6) is 0 Å². The summed E-state index contributed by atoms with van der Waals surface area (Å²) < 4.78 is 41.0. The fourth-order valence-corrected chi connectivity index (χ4v) is 5.17. The molecule has 0 bridgehead atoms. The van der Waals surface area contributed by atoms with Gasteiger partial charge in [-0.05, 0) is 54.7 Å². The van der Waals surface area contributed by atoms with E-state index in [1.807, 2.05) is 24.3 Å². The second-order valence-corrected chi connectivity index (χ2v) is 12.8. The molecule has 1 aliphatic heterocycles. The number of nitrogens with one attached hydrogen (secondary N) is 2. The van der Waals surface area contributed by atoms with Gasteiger partial charge in [-0.25, -0.2) is 4.68 Å². The van der Waals surface area contributed by atoms with E-state index in [2.05, 4.69) is 36.5 Å². The molecular weight excluding hydrogens is 563 g/mol. The number of carbonyl (C=O) groups is 4. The van der Waals surface area contributed by atoms with Crippen molar-refractivity contribution in [3.05, 3.63) is 47.3 Å². The van der Waals surface area contributed by atoms with Crippen molar-refractivity contribution < 1.29 is 32.3 Å². The SMILES string of the molecule is Cc1c(C(=O)N[C@H](C(=O)N2CCC[C@H]2C(=O)N[C@H](C(=O)C(F)(F)F)C(C)C)C(C)C)cnn1-c1ccc(C(C)(C)C)cc1. The topological polar surface area (TPSA) is 113 Å². The molecule has 12 heteroatoms. The average molecular weight is 606 g/mol. The quantitative estimate of drug-likeness (QED) is 0.437. The van der Waals surface area contributed by atoms with Crippen LogP contribution in [0.15, 0.2) is 30.5 Å². The number of Topliss-reactive ketones (excluding diaryl/α,β-unsaturated/α-hetero) is 1. The molecule has 3 rings (SSSR count). The van der Waals surface area contributed by atoms with Crippen LogP contribution in [0, 0.1) is 18.8 Å². The minimum absolute atomic E-state index is 0.0210. The summed E-state index contributed by atoms with van der Waals surface area (Å²) in [5.41, 5.74) is 2.75. The van der Waals surface area contributed by atoms with Gasteiger partial charge in [0.25, 0.3) is 11.7 Å². The Bertz CT molecular complexity index is 1340. The summed E-state index contributed by atoms with van der Waals surface area (Å²) in [5, 5.41) is 9.39. The van der Waals surface area contributed by atoms with Gasteiger partial charge in [0.2, 0.25) is 11.8 Å². The molecule has 9 nitrogen and oxygen atoms in total. The fourth-order valence-electron chi connectivity index (χ4n) is 5.17. The van der Waals surface area contributed by atoms with Gasteiger partial charge in [-0.1, -0.05) is 60.6 Å². The van der Waals surface area contributed by atoms with E-state index in [-0.39, 0.29) is 29.9 Å². The Kier molecular flexibility index (Phi) is 10.1. The van der Waals surface area contributed by atoms with E-state index in [1.165, 1.54) is 24.9 Å². The minimum atomic E-state index is -5.11. The molecule has 0 aliphatic carbocycles. The molecule has 2 N–H and O–H groups in total. The summed E-state index contributed by atoms with van der Waals surface area (Å²) in [6, 6.07) is 4.03. The summed E-state index contributed by atoms with van der Waals surface area (Å²) in [6.45, 7) is 14.6. The maximum absolute atomic E-state index is 13.7. The van der Waals surface area contributed by atoms with Gasteiger partial charge in [-0.2, -0.15) is 18.3 Å². The molecular formula is C31H42F3N5O4. The first-order valence-electron chi connectivity index (χ1n) is 14.5. The van der Waals surface area contributed by atoms with Crippen molar-refractivity contribution in [3.63, 3.8) is 0 Å². The van der Waals surface area contributed by atoms with Crippen molar-refractivity contribution in [2.45, 2.75) is 97.9 Å². The number of nitrogens with zero attached hydrogens (tertiary/aromatic N) is 3. The van der Waals surface area contributed by atoms with E-state index in [9.17, 15) is 32.3 Å². The summed E-state index contributed by atoms with van der Waals surface area (Å²) in [5.74, 6) is -5.08. The molecule has 3 atom stereocenters. The van der Waals surface area contributed by atoms with Crippen LogP contribution in [0.2, 0.25) is 0 Å². The van der Waals surface area contributed by atoms with Crippen molar-refractivity contribution >= 4 is 23.5 Å². The molecule has 1 aliphatic rings. The van der Waals surface area contributed by atoms with E-state index in [0.717, 1.165) is 11.3 Å². The maximum Gasteiger partial charge on any atom is 0.452 e. The Morgan fingerprint density at radius 2 is 1.51 bits per heavy atom. The highest BCUT2D eigenvalue weighted by molar-refractivity contribution is 6.00. The molecule has 43 heavy (non-hydrogen) atoms. The molecule has 1 aromatic carbocycles. The molecule has 1 saturated heterocycles. The zero-order valence-electron chi connectivity index (χ0n) is 26.0. The van der Waals surface area contributed by atoms with Crippen LogP contribution in [0.1, 0.15) is 82.9 Å². The molecule has 1 fully saturated rings. The van der Waals surface area contributed by atoms with Crippen LogP contribution >= 0.6 is 0 Å². The number of carbonyl (C=O) groups excluding carboxylic acids is 4. The number of hydrogen-bond donors (Lipinski definition) is 2. The van der Waals surface area contributed by atoms with Crippen LogP contribution in [0.3, 0.4) is 0 Å². The highest BCUT2D eigenvalue weighted by Crippen LogP contribution is 2.26. The first kappa shape index (κ1) is 33.8. The maximum atomic E-state index is 13.7. The van der Waals surface area contributed by atoms with Gasteiger partial charge in [0.1, 0.15) is 12.1 Å². The monoisotopic (exact) mass is 605 g/mol. The molecule has 0 unspecified atom stereocenters. The van der Waals surface area contributed by atoms with Crippen molar-refractivity contribution in [3.8, 4) is 5.69 Å². The number of ketones is 1. The van der Waals surface area contributed by atoms with Gasteiger partial charge in [-0.15, -0.1) is 0 Å². The predicted octanol–water partition coefficient (Wildman–Crippen LogP) is 4.50. The highest BCUT2D eigenvalue weighted by atomic mass is 19.4. The summed E-state index contributed by atoms with van der Waals surface area (Å²) in [6.07, 6.45) is -3.01. The molecule has 1 aromatic heterocycles. The third kappa shape index (κ3) is 7.64. The number of amides is 3. The van der Waals surface area contributed by atoms with Crippen molar-refractivity contribution in [1.29, 1.82) is 0 Å². The lowest BCUT2D eigenvalue weighted by atomic mass is 9.87. The van der Waals surface area contributed by atoms with E-state index in [1.54, 1.807) is 25.5 Å². The summed E-state index contributed by atoms with van der Waals surface area (Å²) in [7, 11) is 0. The molecule has 0 radical (unpaired) electrons. The van der Waals surface area contributed by atoms with Gasteiger partial charge in [0.15, 0.2) is 0 Å². The Balaban J connectivity index is 1.77. The van der Waals surface area contributed by atoms with Gasteiger partial charge >= 0.3 is 6.18 Å². The Hall–Kier alpha value is -3.70. The van der Waals surface area contributed by atoms with Crippen LogP contribution in [0.25, 0.3) is 5.69 Å². The average Bonchev–Trinajstić information content (AvgIpc) is 3.55. The first-order chi connectivity index (χ1) is 19.8. The van der Waals surface area contributed by atoms with Gasteiger partial charge < -0.3 is 15.5 Å². The number of hydrogen-bond acceptors (Lipinski definition) is 5. The Labute approximate surface area is 250 Å². The van der Waals surface area contributed by atoms with Crippen molar-refractivity contribution in [2.75, 3.05) is 6.54 Å². The number of benzene rings is 1. The van der Waals surface area contributed by atoms with E-state index in [0.29, 0.717) is 12.1 Å². The zero-order chi connectivity index (χ0) is 32.4. The third-order valence-electron chi connectivity index (χ3n) is 7.82. The Morgan fingerprint density at radius 3 is 2.02 bits per heavy atom. The van der Waals surface area contributed by atoms with E-state index in [4.69, 9.17) is 0 Å². The van der Waals surface area contributed by atoms with Crippen LogP contribution in [-0.4, -0.2) is 69.0 Å². The largest absolute Gasteiger partial charge is 0.452 e. The lowest BCUT2D eigenvalue weighted by molar-refractivity contribution is -0.175. The Morgan fingerprint density at radius 1 is 0.930 bits per heavy atom. The number of rotatable bonds is 9. The molecule has 0 spiro atoms. The van der Waals surface area contributed by atoms with Crippen LogP contribution in [0.4, 0.5) is 13.2 Å². The van der Waals surface area contributed by atoms with Gasteiger partial charge in [-0.3, -0.25) is 19.2 Å². The number of aromatic nitrogens is 2. The van der Waals surface area contributed by atoms with E-state index >= 15 is 0 Å². The highest BCUT2D eigenvalue weighted by Gasteiger charge is 2.46. The second kappa shape index (κ2) is 12.9. The number of likely N-dealkylation sites (tertiary alicyclic amines) is 1. The summed E-state index contributed by atoms with van der Waals surface area (Å²) >= 11 is 0. The standard InChI is InChI=1S/C31H42F3N5O4/c1-17(2)24(26(40)31(32,33)34)36-28(42)23-10-9-15-38(23)29(43)25(18(3)4)37-27(41)22-16-35-39(19(22)5)21-13-11-20(12-14-21)30(6,7)8/h11-14,16-18,23-25H,9-10,15H2,1-8H3,(H,36,42)(H,37,41)/t23-,24-,25-/m0/s1. The molecule has 2 heterocycles. The lowest BCUT2D eigenvalue weighted by Crippen LogP contribution is -2.58. The molecule has 0 saturated carbocycles. The first-order valence-corrected chi connectivity index (χ1v) is 14.5. The van der Waals surface area contributed by atoms with Crippen molar-refractivity contribution in [2.24, 2.45) is 11.8 Å². The zero-order valence-corrected chi connectivity index (χ0v) is 26.0. The predicted molar refractivity (Wildman–Crippen MR) is 156 cm³/mol. The third-order valence-corrected chi connectivity index (χ3v) is 7.82. The normalized spacial score (nSPS) is 17.2. The van der Waals surface area contributed by atoms with Gasteiger partial charge in [0.05, 0.1) is 29.2 Å². The lowest BCUT2D eigenvalue weighted by Gasteiger charge is -2.31. The van der Waals surface area contributed by atoms with Gasteiger partial charge in [0, 0.05) is 6.54 Å². The fraction of sp³-hybridized carbons (Fsp3) is 0.581. The van der Waals surface area contributed by atoms with Crippen LogP contribution < -0.4 is 10.6 Å².